The van der Waals surface area contributed by atoms with E-state index < -0.39 is 17.5 Å². The molecule has 1 aliphatic heterocycles. The van der Waals surface area contributed by atoms with Crippen LogP contribution in [0.25, 0.3) is 0 Å². The van der Waals surface area contributed by atoms with Crippen LogP contribution in [0.5, 0.6) is 0 Å². The average molecular weight is 360 g/mol. The van der Waals surface area contributed by atoms with Gasteiger partial charge in [0.05, 0.1) is 6.10 Å². The SMILES string of the molecule is C[C@@H]1[C@@H](c2ccccc2)O[C@@](O)(c2ccccc2)C[C@@]1(O)c1ccccc1. The molecule has 0 unspecified atom stereocenters. The summed E-state index contributed by atoms with van der Waals surface area (Å²) < 4.78 is 6.27. The third kappa shape index (κ3) is 3.19. The highest BCUT2D eigenvalue weighted by molar-refractivity contribution is 5.31. The highest BCUT2D eigenvalue weighted by atomic mass is 16.6. The molecule has 3 aromatic rings. The largest absolute Gasteiger partial charge is 0.385 e. The third-order valence-corrected chi connectivity index (χ3v) is 5.67. The summed E-state index contributed by atoms with van der Waals surface area (Å²) in [5, 5.41) is 23.3. The van der Waals surface area contributed by atoms with Crippen molar-refractivity contribution in [1.29, 1.82) is 0 Å². The van der Waals surface area contributed by atoms with Gasteiger partial charge in [0.1, 0.15) is 5.60 Å². The number of hydrogen-bond donors (Lipinski definition) is 2. The van der Waals surface area contributed by atoms with Gasteiger partial charge < -0.3 is 14.9 Å². The van der Waals surface area contributed by atoms with Gasteiger partial charge in [0, 0.05) is 17.9 Å². The molecule has 0 amide bonds. The Labute approximate surface area is 159 Å². The molecular formula is C24H24O3. The second kappa shape index (κ2) is 6.93. The van der Waals surface area contributed by atoms with Crippen molar-refractivity contribution in [3.05, 3.63) is 108 Å². The second-order valence-electron chi connectivity index (χ2n) is 7.36. The van der Waals surface area contributed by atoms with Crippen molar-refractivity contribution in [2.24, 2.45) is 5.92 Å². The summed E-state index contributed by atoms with van der Waals surface area (Å²) >= 11 is 0. The molecule has 1 saturated heterocycles. The second-order valence-corrected chi connectivity index (χ2v) is 7.36. The van der Waals surface area contributed by atoms with E-state index in [4.69, 9.17) is 4.74 Å². The molecule has 4 atom stereocenters. The topological polar surface area (TPSA) is 49.7 Å². The minimum atomic E-state index is -1.58. The predicted octanol–water partition coefficient (Wildman–Crippen LogP) is 4.52. The molecule has 4 rings (SSSR count). The van der Waals surface area contributed by atoms with E-state index in [-0.39, 0.29) is 12.3 Å². The molecule has 3 nitrogen and oxygen atoms in total. The highest BCUT2D eigenvalue weighted by Gasteiger charge is 2.54. The maximum Gasteiger partial charge on any atom is 0.196 e. The maximum atomic E-state index is 11.8. The lowest BCUT2D eigenvalue weighted by atomic mass is 9.70. The lowest BCUT2D eigenvalue weighted by Crippen LogP contribution is -2.51. The number of benzene rings is 3. The molecule has 0 aromatic heterocycles. The Morgan fingerprint density at radius 1 is 0.741 bits per heavy atom. The van der Waals surface area contributed by atoms with Gasteiger partial charge in [0.25, 0.3) is 0 Å². The molecule has 138 valence electrons. The van der Waals surface area contributed by atoms with Crippen molar-refractivity contribution in [2.75, 3.05) is 0 Å². The summed E-state index contributed by atoms with van der Waals surface area (Å²) in [6.07, 6.45) is -0.381. The predicted molar refractivity (Wildman–Crippen MR) is 105 cm³/mol. The maximum absolute atomic E-state index is 11.8. The van der Waals surface area contributed by atoms with Crippen LogP contribution >= 0.6 is 0 Å². The zero-order chi connectivity index (χ0) is 18.9. The van der Waals surface area contributed by atoms with Gasteiger partial charge in [-0.2, -0.15) is 0 Å². The Kier molecular flexibility index (Phi) is 4.60. The summed E-state index contributed by atoms with van der Waals surface area (Å²) in [5.41, 5.74) is 1.14. The molecule has 0 saturated carbocycles. The van der Waals surface area contributed by atoms with Gasteiger partial charge in [-0.05, 0) is 11.1 Å². The average Bonchev–Trinajstić information content (AvgIpc) is 2.73. The number of aliphatic hydroxyl groups is 2. The number of rotatable bonds is 3. The van der Waals surface area contributed by atoms with Gasteiger partial charge in [-0.1, -0.05) is 97.9 Å². The van der Waals surface area contributed by atoms with E-state index in [0.717, 1.165) is 11.1 Å². The van der Waals surface area contributed by atoms with Crippen LogP contribution in [0, 0.1) is 5.92 Å². The standard InChI is InChI=1S/C24H24O3/c1-18-22(19-11-5-2-6-12-19)27-24(26,21-15-9-4-10-16-21)17-23(18,25)20-13-7-3-8-14-20/h2-16,18,22,25-26H,17H2,1H3/t18-,22+,23+,24-/m1/s1. The molecule has 0 spiro atoms. The summed E-state index contributed by atoms with van der Waals surface area (Å²) in [6, 6.07) is 28.7. The van der Waals surface area contributed by atoms with E-state index in [1.165, 1.54) is 0 Å². The van der Waals surface area contributed by atoms with Gasteiger partial charge in [-0.25, -0.2) is 0 Å². The third-order valence-electron chi connectivity index (χ3n) is 5.67. The molecule has 1 heterocycles. The molecule has 27 heavy (non-hydrogen) atoms. The van der Waals surface area contributed by atoms with E-state index in [1.54, 1.807) is 0 Å². The molecular weight excluding hydrogens is 336 g/mol. The van der Waals surface area contributed by atoms with Crippen molar-refractivity contribution in [2.45, 2.75) is 30.8 Å². The van der Waals surface area contributed by atoms with E-state index >= 15 is 0 Å². The summed E-state index contributed by atoms with van der Waals surface area (Å²) in [6.45, 7) is 1.98. The van der Waals surface area contributed by atoms with Gasteiger partial charge in [0.2, 0.25) is 0 Å². The lowest BCUT2D eigenvalue weighted by Gasteiger charge is -2.50. The molecule has 0 aliphatic carbocycles. The first-order valence-electron chi connectivity index (χ1n) is 9.31. The van der Waals surface area contributed by atoms with Crippen LogP contribution in [-0.2, 0) is 16.1 Å². The number of hydrogen-bond acceptors (Lipinski definition) is 3. The zero-order valence-corrected chi connectivity index (χ0v) is 15.3. The molecule has 1 fully saturated rings. The van der Waals surface area contributed by atoms with Crippen LogP contribution in [-0.4, -0.2) is 10.2 Å². The van der Waals surface area contributed by atoms with E-state index in [2.05, 4.69) is 0 Å². The zero-order valence-electron chi connectivity index (χ0n) is 15.3. The number of ether oxygens (including phenoxy) is 1. The van der Waals surface area contributed by atoms with Gasteiger partial charge in [-0.3, -0.25) is 0 Å². The molecule has 0 radical (unpaired) electrons. The van der Waals surface area contributed by atoms with Crippen LogP contribution in [0.4, 0.5) is 0 Å². The van der Waals surface area contributed by atoms with E-state index in [9.17, 15) is 10.2 Å². The smallest absolute Gasteiger partial charge is 0.196 e. The van der Waals surface area contributed by atoms with Gasteiger partial charge in [0.15, 0.2) is 5.79 Å². The first-order chi connectivity index (χ1) is 13.0. The lowest BCUT2D eigenvalue weighted by molar-refractivity contribution is -0.326. The van der Waals surface area contributed by atoms with Crippen molar-refractivity contribution in [3.63, 3.8) is 0 Å². The fourth-order valence-corrected chi connectivity index (χ4v) is 4.09. The van der Waals surface area contributed by atoms with Crippen LogP contribution < -0.4 is 0 Å². The quantitative estimate of drug-likeness (QED) is 0.722. The fourth-order valence-electron chi connectivity index (χ4n) is 4.09. The Bertz CT molecular complexity index is 881. The Morgan fingerprint density at radius 2 is 1.22 bits per heavy atom. The van der Waals surface area contributed by atoms with Gasteiger partial charge in [-0.15, -0.1) is 0 Å². The van der Waals surface area contributed by atoms with Crippen LogP contribution in [0.3, 0.4) is 0 Å². The van der Waals surface area contributed by atoms with Gasteiger partial charge >= 0.3 is 0 Å². The first kappa shape index (κ1) is 17.9. The Balaban J connectivity index is 1.84. The molecule has 1 aliphatic rings. The normalized spacial score (nSPS) is 30.8. The van der Waals surface area contributed by atoms with E-state index in [0.29, 0.717) is 5.56 Å². The molecule has 0 bridgehead atoms. The highest BCUT2D eigenvalue weighted by Crippen LogP contribution is 2.53. The van der Waals surface area contributed by atoms with Crippen LogP contribution in [0.2, 0.25) is 0 Å². The van der Waals surface area contributed by atoms with Crippen LogP contribution in [0.1, 0.15) is 36.1 Å². The van der Waals surface area contributed by atoms with Crippen molar-refractivity contribution < 1.29 is 14.9 Å². The summed E-state index contributed by atoms with van der Waals surface area (Å²) in [4.78, 5) is 0. The van der Waals surface area contributed by atoms with Crippen molar-refractivity contribution >= 4 is 0 Å². The monoisotopic (exact) mass is 360 g/mol. The minimum absolute atomic E-state index is 0.0680. The summed E-state index contributed by atoms with van der Waals surface area (Å²) in [5.74, 6) is -1.83. The fraction of sp³-hybridized carbons (Fsp3) is 0.250. The molecule has 2 N–H and O–H groups in total. The van der Waals surface area contributed by atoms with Crippen LogP contribution in [0.15, 0.2) is 91.0 Å². The molecule has 3 aromatic carbocycles. The Hall–Kier alpha value is -2.46. The first-order valence-corrected chi connectivity index (χ1v) is 9.31. The minimum Gasteiger partial charge on any atom is -0.385 e. The molecule has 3 heteroatoms. The van der Waals surface area contributed by atoms with E-state index in [1.807, 2.05) is 97.9 Å². The Morgan fingerprint density at radius 3 is 1.78 bits per heavy atom. The summed E-state index contributed by atoms with van der Waals surface area (Å²) in [7, 11) is 0. The van der Waals surface area contributed by atoms with Crippen molar-refractivity contribution in [3.8, 4) is 0 Å². The van der Waals surface area contributed by atoms with Crippen molar-refractivity contribution in [1.82, 2.24) is 0 Å².